The molecule has 2 amide bonds. The summed E-state index contributed by atoms with van der Waals surface area (Å²) in [6.45, 7) is 2.66. The average molecular weight is 388 g/mol. The van der Waals surface area contributed by atoms with Gasteiger partial charge in [-0.15, -0.1) is 11.3 Å². The minimum atomic E-state index is -0.311. The highest BCUT2D eigenvalue weighted by Gasteiger charge is 2.20. The van der Waals surface area contributed by atoms with Crippen LogP contribution in [0, 0.1) is 5.82 Å². The Kier molecular flexibility index (Phi) is 5.85. The summed E-state index contributed by atoms with van der Waals surface area (Å²) in [5.74, 6) is -0.743. The van der Waals surface area contributed by atoms with E-state index in [0.717, 1.165) is 18.4 Å². The number of likely N-dealkylation sites (N-methyl/N-ethyl adjacent to an activating group) is 1. The van der Waals surface area contributed by atoms with Gasteiger partial charge in [0.25, 0.3) is 5.91 Å². The summed E-state index contributed by atoms with van der Waals surface area (Å²) in [5.41, 5.74) is 1.88. The summed E-state index contributed by atoms with van der Waals surface area (Å²) < 4.78 is 14.8. The first-order chi connectivity index (χ1) is 13.0. The molecule has 8 heteroatoms. The van der Waals surface area contributed by atoms with E-state index in [1.165, 1.54) is 28.4 Å². The lowest BCUT2D eigenvalue weighted by atomic mass is 10.2. The highest BCUT2D eigenvalue weighted by atomic mass is 32.1. The van der Waals surface area contributed by atoms with E-state index in [9.17, 15) is 14.0 Å². The van der Waals surface area contributed by atoms with E-state index in [4.69, 9.17) is 0 Å². The molecule has 0 unspecified atom stereocenters. The predicted octanol–water partition coefficient (Wildman–Crippen LogP) is 3.19. The smallest absolute Gasteiger partial charge is 0.271 e. The molecule has 6 nitrogen and oxygen atoms in total. The zero-order valence-corrected chi connectivity index (χ0v) is 16.1. The van der Waals surface area contributed by atoms with E-state index >= 15 is 0 Å². The second-order valence-corrected chi connectivity index (χ2v) is 7.11. The van der Waals surface area contributed by atoms with Gasteiger partial charge in [0.15, 0.2) is 4.96 Å². The van der Waals surface area contributed by atoms with Crippen molar-refractivity contribution in [2.24, 2.45) is 0 Å². The molecule has 0 aliphatic heterocycles. The van der Waals surface area contributed by atoms with E-state index in [0.29, 0.717) is 22.9 Å². The van der Waals surface area contributed by atoms with Crippen molar-refractivity contribution in [1.82, 2.24) is 19.6 Å². The second-order valence-electron chi connectivity index (χ2n) is 6.27. The fourth-order valence-electron chi connectivity index (χ4n) is 2.64. The van der Waals surface area contributed by atoms with E-state index in [2.05, 4.69) is 17.2 Å². The lowest BCUT2D eigenvalue weighted by Crippen LogP contribution is -2.39. The van der Waals surface area contributed by atoms with Crippen molar-refractivity contribution in [3.63, 3.8) is 0 Å². The predicted molar refractivity (Wildman–Crippen MR) is 103 cm³/mol. The maximum Gasteiger partial charge on any atom is 0.271 e. The molecule has 0 atom stereocenters. The number of thiazole rings is 1. The third-order valence-corrected chi connectivity index (χ3v) is 4.99. The first-order valence-corrected chi connectivity index (χ1v) is 9.62. The molecule has 0 saturated carbocycles. The monoisotopic (exact) mass is 388 g/mol. The number of carbonyl (C=O) groups is 2. The van der Waals surface area contributed by atoms with Crippen molar-refractivity contribution < 1.29 is 14.0 Å². The fraction of sp³-hybridized carbons (Fsp3) is 0.316. The molecule has 0 saturated heterocycles. The molecule has 0 spiro atoms. The minimum absolute atomic E-state index is 0.000591. The first-order valence-electron chi connectivity index (χ1n) is 8.74. The van der Waals surface area contributed by atoms with Crippen LogP contribution in [0.1, 0.15) is 30.3 Å². The van der Waals surface area contributed by atoms with Crippen LogP contribution in [0.3, 0.4) is 0 Å². The Morgan fingerprint density at radius 1 is 1.30 bits per heavy atom. The Morgan fingerprint density at radius 3 is 2.74 bits per heavy atom. The zero-order chi connectivity index (χ0) is 19.4. The fourth-order valence-corrected chi connectivity index (χ4v) is 3.49. The first kappa shape index (κ1) is 19.0. The Balaban J connectivity index is 1.75. The Hall–Kier alpha value is -2.74. The topological polar surface area (TPSA) is 66.7 Å². The van der Waals surface area contributed by atoms with Gasteiger partial charge >= 0.3 is 0 Å². The Labute approximate surface area is 160 Å². The van der Waals surface area contributed by atoms with Gasteiger partial charge in [0.05, 0.1) is 12.2 Å². The van der Waals surface area contributed by atoms with Gasteiger partial charge in [0, 0.05) is 30.7 Å². The summed E-state index contributed by atoms with van der Waals surface area (Å²) in [5, 5.41) is 4.53. The molecule has 0 aliphatic rings. The van der Waals surface area contributed by atoms with E-state index < -0.39 is 0 Å². The summed E-state index contributed by atoms with van der Waals surface area (Å²) in [4.78, 5) is 31.2. The van der Waals surface area contributed by atoms with E-state index in [-0.39, 0.29) is 24.2 Å². The van der Waals surface area contributed by atoms with Crippen molar-refractivity contribution >= 4 is 28.1 Å². The number of aromatic nitrogens is 2. The summed E-state index contributed by atoms with van der Waals surface area (Å²) >= 11 is 1.34. The quantitative estimate of drug-likeness (QED) is 0.632. The largest absolute Gasteiger partial charge is 0.355 e. The van der Waals surface area contributed by atoms with Gasteiger partial charge in [0.2, 0.25) is 5.91 Å². The molecule has 1 N–H and O–H groups in total. The van der Waals surface area contributed by atoms with Crippen molar-refractivity contribution in [2.45, 2.75) is 19.8 Å². The molecule has 1 aromatic carbocycles. The lowest BCUT2D eigenvalue weighted by molar-refractivity contribution is -0.121. The molecule has 0 radical (unpaired) electrons. The molecule has 142 valence electrons. The second kappa shape index (κ2) is 8.30. The van der Waals surface area contributed by atoms with Crippen LogP contribution in [-0.4, -0.2) is 46.2 Å². The van der Waals surface area contributed by atoms with Gasteiger partial charge in [-0.3, -0.25) is 14.0 Å². The van der Waals surface area contributed by atoms with Gasteiger partial charge < -0.3 is 10.2 Å². The van der Waals surface area contributed by atoms with Crippen LogP contribution in [0.5, 0.6) is 0 Å². The normalized spacial score (nSPS) is 10.9. The van der Waals surface area contributed by atoms with Crippen LogP contribution in [0.2, 0.25) is 0 Å². The van der Waals surface area contributed by atoms with Crippen molar-refractivity contribution in [3.05, 3.63) is 47.4 Å². The number of hydrogen-bond acceptors (Lipinski definition) is 4. The van der Waals surface area contributed by atoms with Crippen molar-refractivity contribution in [2.75, 3.05) is 20.1 Å². The Morgan fingerprint density at radius 2 is 2.04 bits per heavy atom. The van der Waals surface area contributed by atoms with Crippen molar-refractivity contribution in [1.29, 1.82) is 0 Å². The van der Waals surface area contributed by atoms with Crippen LogP contribution in [0.25, 0.3) is 16.2 Å². The van der Waals surface area contributed by atoms with Crippen LogP contribution in [-0.2, 0) is 4.79 Å². The van der Waals surface area contributed by atoms with Gasteiger partial charge in [-0.25, -0.2) is 9.37 Å². The third-order valence-electron chi connectivity index (χ3n) is 4.15. The molecule has 0 fully saturated rings. The SMILES string of the molecule is CCCCNC(=O)CN(C)C(=O)c1csc2nc(-c3ccc(F)cc3)cn12. The number of halogens is 1. The molecular formula is C19H21FN4O2S. The number of nitrogens with one attached hydrogen (secondary N) is 1. The molecule has 2 aromatic heterocycles. The number of amides is 2. The lowest BCUT2D eigenvalue weighted by Gasteiger charge is -2.16. The van der Waals surface area contributed by atoms with Crippen LogP contribution in [0.4, 0.5) is 4.39 Å². The maximum atomic E-state index is 13.1. The molecule has 0 bridgehead atoms. The maximum absolute atomic E-state index is 13.1. The summed E-state index contributed by atoms with van der Waals surface area (Å²) in [7, 11) is 1.60. The van der Waals surface area contributed by atoms with Crippen molar-refractivity contribution in [3.8, 4) is 11.3 Å². The molecule has 3 aromatic rings. The van der Waals surface area contributed by atoms with E-state index in [1.807, 2.05) is 0 Å². The minimum Gasteiger partial charge on any atom is -0.355 e. The van der Waals surface area contributed by atoms with E-state index in [1.54, 1.807) is 35.2 Å². The number of unbranched alkanes of at least 4 members (excludes halogenated alkanes) is 1. The number of carbonyl (C=O) groups excluding carboxylic acids is 2. The molecular weight excluding hydrogens is 367 g/mol. The molecule has 3 rings (SSSR count). The number of nitrogens with zero attached hydrogens (tertiary/aromatic N) is 3. The van der Waals surface area contributed by atoms with Crippen LogP contribution < -0.4 is 5.32 Å². The number of benzene rings is 1. The van der Waals surface area contributed by atoms with Gasteiger partial charge in [-0.2, -0.15) is 0 Å². The highest BCUT2D eigenvalue weighted by molar-refractivity contribution is 7.15. The highest BCUT2D eigenvalue weighted by Crippen LogP contribution is 2.24. The van der Waals surface area contributed by atoms with Crippen LogP contribution >= 0.6 is 11.3 Å². The average Bonchev–Trinajstić information content (AvgIpc) is 3.22. The summed E-state index contributed by atoms with van der Waals surface area (Å²) in [6, 6.07) is 6.05. The van der Waals surface area contributed by atoms with Gasteiger partial charge in [0.1, 0.15) is 11.5 Å². The molecule has 0 aliphatic carbocycles. The number of rotatable bonds is 7. The number of fused-ring (bicyclic) bond motifs is 1. The molecule has 2 heterocycles. The van der Waals surface area contributed by atoms with Gasteiger partial charge in [-0.05, 0) is 30.7 Å². The van der Waals surface area contributed by atoms with Crippen LogP contribution in [0.15, 0.2) is 35.8 Å². The number of imidazole rings is 1. The standard InChI is InChI=1S/C19H21FN4O2S/c1-3-4-9-21-17(25)11-23(2)18(26)16-12-27-19-22-15(10-24(16)19)13-5-7-14(20)8-6-13/h5-8,10,12H,3-4,9,11H2,1-2H3,(H,21,25). The Bertz CT molecular complexity index is 948. The zero-order valence-electron chi connectivity index (χ0n) is 15.2. The number of hydrogen-bond donors (Lipinski definition) is 1. The third kappa shape index (κ3) is 4.33. The van der Waals surface area contributed by atoms with Gasteiger partial charge in [-0.1, -0.05) is 13.3 Å². The molecule has 27 heavy (non-hydrogen) atoms. The summed E-state index contributed by atoms with van der Waals surface area (Å²) in [6.07, 6.45) is 3.66.